The summed E-state index contributed by atoms with van der Waals surface area (Å²) in [5.41, 5.74) is 0.968. The molecular weight excluding hydrogens is 479 g/mol. The summed E-state index contributed by atoms with van der Waals surface area (Å²) in [5, 5.41) is 14.1. The van der Waals surface area contributed by atoms with Gasteiger partial charge in [-0.1, -0.05) is 30.3 Å². The van der Waals surface area contributed by atoms with Crippen molar-refractivity contribution in [1.29, 1.82) is 0 Å². The van der Waals surface area contributed by atoms with Gasteiger partial charge in [0.05, 0.1) is 23.8 Å². The predicted octanol–water partition coefficient (Wildman–Crippen LogP) is 4.74. The van der Waals surface area contributed by atoms with Gasteiger partial charge in [-0.2, -0.15) is 0 Å². The highest BCUT2D eigenvalue weighted by Crippen LogP contribution is 2.36. The van der Waals surface area contributed by atoms with Crippen molar-refractivity contribution in [2.45, 2.75) is 44.8 Å². The second-order valence-corrected chi connectivity index (χ2v) is 9.77. The fourth-order valence-corrected chi connectivity index (χ4v) is 5.14. The van der Waals surface area contributed by atoms with Gasteiger partial charge in [-0.15, -0.1) is 0 Å². The average molecular weight is 515 g/mol. The van der Waals surface area contributed by atoms with Crippen LogP contribution < -0.4 is 15.0 Å². The van der Waals surface area contributed by atoms with E-state index in [-0.39, 0.29) is 30.2 Å². The molecule has 0 aliphatic carbocycles. The number of ether oxygens (including phenoxy) is 2. The van der Waals surface area contributed by atoms with Gasteiger partial charge in [0.2, 0.25) is 0 Å². The van der Waals surface area contributed by atoms with Crippen LogP contribution in [0.1, 0.15) is 37.7 Å². The summed E-state index contributed by atoms with van der Waals surface area (Å²) < 4.78 is 25.0. The molecule has 0 saturated carbocycles. The number of anilines is 1. The first-order valence-corrected chi connectivity index (χ1v) is 12.9. The zero-order chi connectivity index (χ0) is 26.2. The Morgan fingerprint density at radius 3 is 2.46 bits per heavy atom. The van der Waals surface area contributed by atoms with E-state index in [1.807, 2.05) is 35.2 Å². The van der Waals surface area contributed by atoms with E-state index in [0.29, 0.717) is 24.7 Å². The summed E-state index contributed by atoms with van der Waals surface area (Å²) in [7, 11) is 1.35. The molecule has 37 heavy (non-hydrogen) atoms. The summed E-state index contributed by atoms with van der Waals surface area (Å²) in [6, 6.07) is 12.2. The number of nitro groups is 1. The molecule has 0 radical (unpaired) electrons. The Morgan fingerprint density at radius 2 is 1.81 bits per heavy atom. The number of nitrogens with zero attached hydrogens (tertiary/aromatic N) is 3. The molecule has 0 spiro atoms. The van der Waals surface area contributed by atoms with Gasteiger partial charge in [-0.3, -0.25) is 10.1 Å². The second-order valence-electron chi connectivity index (χ2n) is 9.77. The first-order chi connectivity index (χ1) is 17.9. The Labute approximate surface area is 216 Å². The minimum absolute atomic E-state index is 0.0749. The summed E-state index contributed by atoms with van der Waals surface area (Å²) in [6.07, 6.45) is 4.42. The molecule has 0 bridgehead atoms. The highest BCUT2D eigenvalue weighted by atomic mass is 19.1. The largest absolute Gasteiger partial charge is 0.490 e. The van der Waals surface area contributed by atoms with Gasteiger partial charge < -0.3 is 24.6 Å². The molecule has 0 unspecified atom stereocenters. The number of amides is 1. The monoisotopic (exact) mass is 514 g/mol. The number of carbonyl (C=O) groups is 1. The minimum atomic E-state index is -0.630. The van der Waals surface area contributed by atoms with Crippen molar-refractivity contribution in [2.75, 3.05) is 44.7 Å². The van der Waals surface area contributed by atoms with Gasteiger partial charge in [0.1, 0.15) is 6.61 Å². The number of rotatable bonds is 9. The number of likely N-dealkylation sites (tertiary alicyclic amines) is 1. The third-order valence-corrected chi connectivity index (χ3v) is 7.38. The highest BCUT2D eigenvalue weighted by Gasteiger charge is 2.27. The fraction of sp³-hybridized carbons (Fsp3) is 0.519. The van der Waals surface area contributed by atoms with Gasteiger partial charge >= 0.3 is 11.8 Å². The lowest BCUT2D eigenvalue weighted by Crippen LogP contribution is -2.45. The van der Waals surface area contributed by atoms with Crippen molar-refractivity contribution in [1.82, 2.24) is 10.2 Å². The van der Waals surface area contributed by atoms with Crippen LogP contribution in [0.4, 0.5) is 20.6 Å². The molecule has 2 aromatic rings. The van der Waals surface area contributed by atoms with Crippen LogP contribution >= 0.6 is 0 Å². The number of nitro benzene ring substituents is 1. The Balaban J connectivity index is 1.15. The van der Waals surface area contributed by atoms with Crippen molar-refractivity contribution in [3.63, 3.8) is 0 Å². The fourth-order valence-electron chi connectivity index (χ4n) is 5.14. The maximum atomic E-state index is 14.6. The van der Waals surface area contributed by atoms with Crippen LogP contribution in [0.2, 0.25) is 0 Å². The zero-order valence-corrected chi connectivity index (χ0v) is 21.2. The lowest BCUT2D eigenvalue weighted by Gasteiger charge is -2.36. The number of piperidine rings is 2. The number of hydrogen-bond acceptors (Lipinski definition) is 7. The molecule has 4 rings (SSSR count). The first kappa shape index (κ1) is 26.7. The highest BCUT2D eigenvalue weighted by molar-refractivity contribution is 5.67. The summed E-state index contributed by atoms with van der Waals surface area (Å²) in [5.74, 6) is 0.0420. The normalized spacial score (nSPS) is 17.4. The van der Waals surface area contributed by atoms with Gasteiger partial charge in [0.15, 0.2) is 11.6 Å². The second kappa shape index (κ2) is 12.7. The van der Waals surface area contributed by atoms with E-state index in [4.69, 9.17) is 9.47 Å². The minimum Gasteiger partial charge on any atom is -0.490 e. The van der Waals surface area contributed by atoms with E-state index < -0.39 is 10.7 Å². The molecule has 2 saturated heterocycles. The summed E-state index contributed by atoms with van der Waals surface area (Å²) in [6.45, 7) is 4.58. The van der Waals surface area contributed by atoms with Crippen molar-refractivity contribution >= 4 is 17.5 Å². The molecule has 0 atom stereocenters. The summed E-state index contributed by atoms with van der Waals surface area (Å²) in [4.78, 5) is 27.0. The Morgan fingerprint density at radius 1 is 1.11 bits per heavy atom. The average Bonchev–Trinajstić information content (AvgIpc) is 2.92. The van der Waals surface area contributed by atoms with E-state index in [1.54, 1.807) is 0 Å². The molecular formula is C27H35FN4O5. The number of benzene rings is 2. The molecule has 200 valence electrons. The Kier molecular flexibility index (Phi) is 9.16. The SMILES string of the molecule is COc1cc(N2CCC(CCN3CCC(NC(=O)OCc4ccccc4)CC3)CC2)c(F)cc1[N+](=O)[O-]. The lowest BCUT2D eigenvalue weighted by atomic mass is 9.92. The Hall–Kier alpha value is -3.40. The van der Waals surface area contributed by atoms with Crippen LogP contribution in [0.5, 0.6) is 5.75 Å². The zero-order valence-electron chi connectivity index (χ0n) is 21.2. The van der Waals surface area contributed by atoms with Crippen LogP contribution in [0.25, 0.3) is 0 Å². The molecule has 0 aromatic heterocycles. The Bertz CT molecular complexity index is 1050. The van der Waals surface area contributed by atoms with E-state index in [9.17, 15) is 19.3 Å². The van der Waals surface area contributed by atoms with E-state index in [1.165, 1.54) is 13.2 Å². The van der Waals surface area contributed by atoms with E-state index in [2.05, 4.69) is 10.2 Å². The topological polar surface area (TPSA) is 97.2 Å². The van der Waals surface area contributed by atoms with Crippen molar-refractivity contribution in [3.05, 3.63) is 64.0 Å². The molecule has 2 heterocycles. The van der Waals surface area contributed by atoms with E-state index >= 15 is 0 Å². The molecule has 2 aromatic carbocycles. The van der Waals surface area contributed by atoms with Gasteiger partial charge in [-0.25, -0.2) is 9.18 Å². The molecule has 2 aliphatic heterocycles. The van der Waals surface area contributed by atoms with Crippen LogP contribution in [-0.2, 0) is 11.3 Å². The standard InChI is InChI=1S/C27H35FN4O5/c1-36-26-18-24(23(28)17-25(26)32(34)35)31-15-8-20(9-16-31)7-12-30-13-10-22(11-14-30)29-27(33)37-19-21-5-3-2-4-6-21/h2-6,17-18,20,22H,7-16,19H2,1H3,(H,29,33). The molecule has 1 N–H and O–H groups in total. The van der Waals surface area contributed by atoms with Crippen LogP contribution in [0.3, 0.4) is 0 Å². The first-order valence-electron chi connectivity index (χ1n) is 12.9. The molecule has 1 amide bonds. The van der Waals surface area contributed by atoms with Gasteiger partial charge in [0, 0.05) is 38.3 Å². The van der Waals surface area contributed by atoms with Gasteiger partial charge in [0.25, 0.3) is 0 Å². The third-order valence-electron chi connectivity index (χ3n) is 7.38. The van der Waals surface area contributed by atoms with Crippen molar-refractivity contribution < 1.29 is 23.6 Å². The van der Waals surface area contributed by atoms with Crippen molar-refractivity contribution in [2.24, 2.45) is 5.92 Å². The molecule has 10 heteroatoms. The number of halogens is 1. The molecule has 2 aliphatic rings. The van der Waals surface area contributed by atoms with Crippen LogP contribution in [0.15, 0.2) is 42.5 Å². The predicted molar refractivity (Wildman–Crippen MR) is 138 cm³/mol. The van der Waals surface area contributed by atoms with E-state index in [0.717, 1.165) is 63.4 Å². The number of hydrogen-bond donors (Lipinski definition) is 1. The lowest BCUT2D eigenvalue weighted by molar-refractivity contribution is -0.385. The molecule has 2 fully saturated rings. The van der Waals surface area contributed by atoms with Gasteiger partial charge in [-0.05, 0) is 50.1 Å². The van der Waals surface area contributed by atoms with Crippen molar-refractivity contribution in [3.8, 4) is 5.75 Å². The summed E-state index contributed by atoms with van der Waals surface area (Å²) >= 11 is 0. The quantitative estimate of drug-likeness (QED) is 0.381. The number of methoxy groups -OCH3 is 1. The smallest absolute Gasteiger partial charge is 0.407 e. The number of carbonyl (C=O) groups excluding carboxylic acids is 1. The molecule has 9 nitrogen and oxygen atoms in total. The number of nitrogens with one attached hydrogen (secondary N) is 1. The number of alkyl carbamates (subject to hydrolysis) is 1. The maximum absolute atomic E-state index is 14.6. The maximum Gasteiger partial charge on any atom is 0.407 e. The van der Waals surface area contributed by atoms with Crippen LogP contribution in [-0.4, -0.2) is 61.8 Å². The van der Waals surface area contributed by atoms with Crippen LogP contribution in [0, 0.1) is 21.8 Å². The third kappa shape index (κ3) is 7.31.